The zero-order valence-corrected chi connectivity index (χ0v) is 11.1. The van der Waals surface area contributed by atoms with Crippen molar-refractivity contribution in [3.05, 3.63) is 29.8 Å². The number of aromatic hydroxyl groups is 1. The second kappa shape index (κ2) is 6.54. The predicted molar refractivity (Wildman–Crippen MR) is 74.1 cm³/mol. The first-order valence-electron chi connectivity index (χ1n) is 6.72. The van der Waals surface area contributed by atoms with Crippen LogP contribution in [-0.4, -0.2) is 60.1 Å². The average Bonchev–Trinajstić information content (AvgIpc) is 2.45. The maximum absolute atomic E-state index is 12.3. The van der Waals surface area contributed by atoms with Gasteiger partial charge in [-0.3, -0.25) is 9.69 Å². The van der Waals surface area contributed by atoms with E-state index in [1.807, 2.05) is 0 Å². The molecule has 1 aliphatic rings. The number of benzene rings is 1. The fourth-order valence-corrected chi connectivity index (χ4v) is 2.31. The van der Waals surface area contributed by atoms with E-state index in [0.29, 0.717) is 25.2 Å². The number of carbonyl (C=O) groups is 1. The van der Waals surface area contributed by atoms with Crippen LogP contribution in [0.1, 0.15) is 16.8 Å². The van der Waals surface area contributed by atoms with Crippen molar-refractivity contribution in [2.45, 2.75) is 6.42 Å². The Labute approximate surface area is 113 Å². The summed E-state index contributed by atoms with van der Waals surface area (Å²) in [6.07, 6.45) is 0.993. The molecule has 0 unspecified atom stereocenters. The lowest BCUT2D eigenvalue weighted by atomic mass is 10.1. The molecule has 1 heterocycles. The third kappa shape index (κ3) is 3.45. The highest BCUT2D eigenvalue weighted by Gasteiger charge is 2.23. The van der Waals surface area contributed by atoms with Gasteiger partial charge >= 0.3 is 0 Å². The number of hydrogen-bond donors (Lipinski definition) is 2. The Bertz CT molecular complexity index is 428. The molecule has 0 saturated carbocycles. The topological polar surface area (TPSA) is 69.8 Å². The maximum Gasteiger partial charge on any atom is 0.257 e. The van der Waals surface area contributed by atoms with Crippen LogP contribution in [0.3, 0.4) is 0 Å². The average molecular weight is 263 g/mol. The van der Waals surface area contributed by atoms with Gasteiger partial charge in [0.1, 0.15) is 5.75 Å². The number of nitrogens with zero attached hydrogens (tertiary/aromatic N) is 2. The number of carbonyl (C=O) groups excluding carboxylic acids is 1. The largest absolute Gasteiger partial charge is 0.507 e. The van der Waals surface area contributed by atoms with Crippen molar-refractivity contribution >= 4 is 5.91 Å². The summed E-state index contributed by atoms with van der Waals surface area (Å²) in [4.78, 5) is 16.4. The number of rotatable bonds is 4. The van der Waals surface area contributed by atoms with Crippen molar-refractivity contribution in [1.82, 2.24) is 9.80 Å². The Balaban J connectivity index is 1.91. The smallest absolute Gasteiger partial charge is 0.257 e. The van der Waals surface area contributed by atoms with Gasteiger partial charge in [-0.15, -0.1) is 0 Å². The van der Waals surface area contributed by atoms with Crippen molar-refractivity contribution in [3.8, 4) is 5.75 Å². The predicted octanol–water partition coefficient (Wildman–Crippen LogP) is 0.499. The van der Waals surface area contributed by atoms with Gasteiger partial charge in [0, 0.05) is 26.2 Å². The van der Waals surface area contributed by atoms with Gasteiger partial charge in [-0.2, -0.15) is 0 Å². The molecule has 0 bridgehead atoms. The van der Waals surface area contributed by atoms with Crippen molar-refractivity contribution in [2.75, 3.05) is 39.3 Å². The summed E-state index contributed by atoms with van der Waals surface area (Å²) in [5, 5.41) is 9.71. The van der Waals surface area contributed by atoms with Crippen molar-refractivity contribution < 1.29 is 9.90 Å². The van der Waals surface area contributed by atoms with Crippen LogP contribution in [0.2, 0.25) is 0 Å². The van der Waals surface area contributed by atoms with Crippen LogP contribution >= 0.6 is 0 Å². The summed E-state index contributed by atoms with van der Waals surface area (Å²) < 4.78 is 0. The molecule has 104 valence electrons. The molecule has 1 aromatic rings. The van der Waals surface area contributed by atoms with E-state index in [4.69, 9.17) is 5.73 Å². The summed E-state index contributed by atoms with van der Waals surface area (Å²) in [5.74, 6) is -0.0327. The summed E-state index contributed by atoms with van der Waals surface area (Å²) >= 11 is 0. The Morgan fingerprint density at radius 1 is 1.21 bits per heavy atom. The lowest BCUT2D eigenvalue weighted by molar-refractivity contribution is 0.0634. The Morgan fingerprint density at radius 3 is 2.53 bits per heavy atom. The minimum Gasteiger partial charge on any atom is -0.507 e. The van der Waals surface area contributed by atoms with Gasteiger partial charge in [-0.25, -0.2) is 0 Å². The molecule has 1 saturated heterocycles. The van der Waals surface area contributed by atoms with Gasteiger partial charge in [0.2, 0.25) is 0 Å². The minimum absolute atomic E-state index is 0.0538. The summed E-state index contributed by atoms with van der Waals surface area (Å²) in [5.41, 5.74) is 5.88. The van der Waals surface area contributed by atoms with Gasteiger partial charge in [0.15, 0.2) is 0 Å². The summed E-state index contributed by atoms with van der Waals surface area (Å²) in [6, 6.07) is 6.70. The first kappa shape index (κ1) is 13.8. The molecule has 3 N–H and O–H groups in total. The van der Waals surface area contributed by atoms with Crippen LogP contribution in [-0.2, 0) is 0 Å². The second-order valence-corrected chi connectivity index (χ2v) is 4.79. The number of phenolic OH excluding ortho intramolecular Hbond substituents is 1. The number of phenols is 1. The third-order valence-electron chi connectivity index (χ3n) is 3.47. The van der Waals surface area contributed by atoms with Crippen LogP contribution in [0.15, 0.2) is 24.3 Å². The molecule has 19 heavy (non-hydrogen) atoms. The number of nitrogens with two attached hydrogens (primary N) is 1. The zero-order chi connectivity index (χ0) is 13.7. The summed E-state index contributed by atoms with van der Waals surface area (Å²) in [6.45, 7) is 4.86. The highest BCUT2D eigenvalue weighted by atomic mass is 16.3. The number of piperazine rings is 1. The number of amides is 1. The molecule has 5 heteroatoms. The minimum atomic E-state index is -0.0865. The first-order chi connectivity index (χ1) is 9.22. The van der Waals surface area contributed by atoms with E-state index in [9.17, 15) is 9.90 Å². The Morgan fingerprint density at radius 2 is 1.89 bits per heavy atom. The van der Waals surface area contributed by atoms with E-state index in [-0.39, 0.29) is 11.7 Å². The molecule has 0 atom stereocenters. The van der Waals surface area contributed by atoms with Crippen LogP contribution in [0, 0.1) is 0 Å². The van der Waals surface area contributed by atoms with E-state index in [0.717, 1.165) is 26.1 Å². The van der Waals surface area contributed by atoms with Crippen molar-refractivity contribution in [2.24, 2.45) is 5.73 Å². The monoisotopic (exact) mass is 263 g/mol. The number of para-hydroxylation sites is 1. The SMILES string of the molecule is NCCCN1CCN(C(=O)c2ccccc2O)CC1. The molecule has 1 aliphatic heterocycles. The normalized spacial score (nSPS) is 16.6. The van der Waals surface area contributed by atoms with Crippen LogP contribution < -0.4 is 5.73 Å². The third-order valence-corrected chi connectivity index (χ3v) is 3.47. The van der Waals surface area contributed by atoms with E-state index in [1.165, 1.54) is 0 Å². The van der Waals surface area contributed by atoms with Crippen LogP contribution in [0.25, 0.3) is 0 Å². The number of hydrogen-bond acceptors (Lipinski definition) is 4. The molecule has 5 nitrogen and oxygen atoms in total. The van der Waals surface area contributed by atoms with Gasteiger partial charge < -0.3 is 15.7 Å². The molecule has 0 radical (unpaired) electrons. The summed E-state index contributed by atoms with van der Waals surface area (Å²) in [7, 11) is 0. The zero-order valence-electron chi connectivity index (χ0n) is 11.1. The van der Waals surface area contributed by atoms with E-state index >= 15 is 0 Å². The van der Waals surface area contributed by atoms with Crippen molar-refractivity contribution in [3.63, 3.8) is 0 Å². The molecule has 1 amide bonds. The van der Waals surface area contributed by atoms with Crippen LogP contribution in [0.4, 0.5) is 0 Å². The van der Waals surface area contributed by atoms with Crippen molar-refractivity contribution in [1.29, 1.82) is 0 Å². The molecular weight excluding hydrogens is 242 g/mol. The van der Waals surface area contributed by atoms with E-state index in [2.05, 4.69) is 4.90 Å². The maximum atomic E-state index is 12.3. The van der Waals surface area contributed by atoms with E-state index < -0.39 is 0 Å². The Hall–Kier alpha value is -1.59. The highest BCUT2D eigenvalue weighted by molar-refractivity contribution is 5.96. The molecule has 0 aliphatic carbocycles. The lowest BCUT2D eigenvalue weighted by Crippen LogP contribution is -2.49. The molecule has 0 aromatic heterocycles. The molecule has 1 aromatic carbocycles. The van der Waals surface area contributed by atoms with Gasteiger partial charge in [0.05, 0.1) is 5.56 Å². The molecule has 0 spiro atoms. The molecule has 2 rings (SSSR count). The fourth-order valence-electron chi connectivity index (χ4n) is 2.31. The second-order valence-electron chi connectivity index (χ2n) is 4.79. The van der Waals surface area contributed by atoms with E-state index in [1.54, 1.807) is 29.2 Å². The standard InChI is InChI=1S/C14H21N3O2/c15-6-3-7-16-8-10-17(11-9-16)14(19)12-4-1-2-5-13(12)18/h1-2,4-5,18H,3,6-11,15H2. The molecule has 1 fully saturated rings. The van der Waals surface area contributed by atoms with Gasteiger partial charge in [-0.1, -0.05) is 12.1 Å². The van der Waals surface area contributed by atoms with Gasteiger partial charge in [0.25, 0.3) is 5.91 Å². The highest BCUT2D eigenvalue weighted by Crippen LogP contribution is 2.18. The lowest BCUT2D eigenvalue weighted by Gasteiger charge is -2.34. The van der Waals surface area contributed by atoms with Crippen LogP contribution in [0.5, 0.6) is 5.75 Å². The first-order valence-corrected chi connectivity index (χ1v) is 6.72. The van der Waals surface area contributed by atoms with Gasteiger partial charge in [-0.05, 0) is 31.6 Å². The quantitative estimate of drug-likeness (QED) is 0.830. The molecular formula is C14H21N3O2. The fraction of sp³-hybridized carbons (Fsp3) is 0.500. The Kier molecular flexibility index (Phi) is 4.76.